The lowest BCUT2D eigenvalue weighted by atomic mass is 9.59. The second-order valence-corrected chi connectivity index (χ2v) is 9.65. The van der Waals surface area contributed by atoms with Crippen molar-refractivity contribution in [1.29, 1.82) is 0 Å². The van der Waals surface area contributed by atoms with E-state index in [-0.39, 0.29) is 11.7 Å². The number of rotatable bonds is 5. The lowest BCUT2D eigenvalue weighted by molar-refractivity contribution is -0.177. The van der Waals surface area contributed by atoms with Crippen LogP contribution in [0.25, 0.3) is 0 Å². The lowest BCUT2D eigenvalue weighted by Gasteiger charge is -2.46. The Hall–Kier alpha value is -1.39. The van der Waals surface area contributed by atoms with E-state index in [1.165, 1.54) is 5.41 Å². The van der Waals surface area contributed by atoms with Gasteiger partial charge in [0.15, 0.2) is 6.29 Å². The minimum absolute atomic E-state index is 0.0787. The van der Waals surface area contributed by atoms with Gasteiger partial charge in [-0.15, -0.1) is 5.73 Å². The number of sulfone groups is 1. The van der Waals surface area contributed by atoms with E-state index in [9.17, 15) is 8.42 Å². The van der Waals surface area contributed by atoms with E-state index in [1.807, 2.05) is 19.1 Å². The molecule has 2 fully saturated rings. The van der Waals surface area contributed by atoms with Gasteiger partial charge < -0.3 is 9.47 Å². The minimum Gasteiger partial charge on any atom is -0.353 e. The predicted molar refractivity (Wildman–Crippen MR) is 101 cm³/mol. The standard InChI is InChI=1S/C21H28O4S/c1-16-7-9-19(10-8-16)26(22,23)13-11-17-14-18(21(17,2)3)15-25-20-6-4-5-12-24-20/h7-10,13,18,20H,4-6,12,14-15H2,1-3H3. The Morgan fingerprint density at radius 2 is 2.00 bits per heavy atom. The SMILES string of the molecule is Cc1ccc(S(=O)(=O)C=C=C2CC(COC3CCCCO3)C2(C)C)cc1. The summed E-state index contributed by atoms with van der Waals surface area (Å²) in [6.07, 6.45) is 3.97. The Morgan fingerprint density at radius 3 is 2.62 bits per heavy atom. The van der Waals surface area contributed by atoms with Gasteiger partial charge in [0, 0.05) is 6.61 Å². The molecule has 1 heterocycles. The third-order valence-corrected chi connectivity index (χ3v) is 6.97. The van der Waals surface area contributed by atoms with E-state index in [0.717, 1.165) is 43.4 Å². The van der Waals surface area contributed by atoms with Crippen LogP contribution < -0.4 is 0 Å². The zero-order valence-electron chi connectivity index (χ0n) is 15.8. The molecule has 2 aliphatic rings. The molecule has 4 nitrogen and oxygen atoms in total. The molecule has 142 valence electrons. The van der Waals surface area contributed by atoms with Crippen molar-refractivity contribution < 1.29 is 17.9 Å². The van der Waals surface area contributed by atoms with Crippen molar-refractivity contribution >= 4 is 9.84 Å². The zero-order valence-corrected chi connectivity index (χ0v) is 16.6. The fourth-order valence-corrected chi connectivity index (χ4v) is 4.35. The van der Waals surface area contributed by atoms with Crippen LogP contribution >= 0.6 is 0 Å². The average Bonchev–Trinajstić information content (AvgIpc) is 2.61. The third-order valence-electron chi connectivity index (χ3n) is 5.61. The minimum atomic E-state index is -3.45. The summed E-state index contributed by atoms with van der Waals surface area (Å²) in [6, 6.07) is 6.89. The Kier molecular flexibility index (Phi) is 5.73. The van der Waals surface area contributed by atoms with Gasteiger partial charge in [0.2, 0.25) is 9.84 Å². The number of allylic oxidation sites excluding steroid dienone is 1. The number of hydrogen-bond donors (Lipinski definition) is 0. The first kappa shape index (κ1) is 19.4. The molecule has 3 rings (SSSR count). The summed E-state index contributed by atoms with van der Waals surface area (Å²) in [4.78, 5) is 0.308. The number of aryl methyl sites for hydroxylation is 1. The third kappa shape index (κ3) is 4.29. The highest BCUT2D eigenvalue weighted by atomic mass is 32.2. The van der Waals surface area contributed by atoms with Gasteiger partial charge in [-0.2, -0.15) is 0 Å². The monoisotopic (exact) mass is 376 g/mol. The van der Waals surface area contributed by atoms with Crippen LogP contribution in [0.15, 0.2) is 45.9 Å². The van der Waals surface area contributed by atoms with E-state index in [0.29, 0.717) is 17.4 Å². The van der Waals surface area contributed by atoms with Crippen LogP contribution in [0.5, 0.6) is 0 Å². The van der Waals surface area contributed by atoms with E-state index < -0.39 is 9.84 Å². The lowest BCUT2D eigenvalue weighted by Crippen LogP contribution is -2.41. The van der Waals surface area contributed by atoms with Crippen LogP contribution in [0.3, 0.4) is 0 Å². The van der Waals surface area contributed by atoms with Crippen molar-refractivity contribution in [2.24, 2.45) is 11.3 Å². The Bertz CT molecular complexity index is 793. The summed E-state index contributed by atoms with van der Waals surface area (Å²) < 4.78 is 36.4. The molecule has 2 atom stereocenters. The maximum Gasteiger partial charge on any atom is 0.207 e. The van der Waals surface area contributed by atoms with Crippen LogP contribution in [-0.2, 0) is 19.3 Å². The van der Waals surface area contributed by atoms with Crippen molar-refractivity contribution in [3.8, 4) is 0 Å². The van der Waals surface area contributed by atoms with Gasteiger partial charge in [-0.25, -0.2) is 8.42 Å². The second-order valence-electron chi connectivity index (χ2n) is 7.85. The zero-order chi connectivity index (χ0) is 18.8. The first-order chi connectivity index (χ1) is 12.3. The van der Waals surface area contributed by atoms with Crippen LogP contribution in [-0.4, -0.2) is 27.9 Å². The van der Waals surface area contributed by atoms with Crippen LogP contribution in [0.2, 0.25) is 0 Å². The van der Waals surface area contributed by atoms with E-state index in [2.05, 4.69) is 19.6 Å². The second kappa shape index (κ2) is 7.69. The van der Waals surface area contributed by atoms with Crippen LogP contribution in [0, 0.1) is 18.3 Å². The molecule has 1 aliphatic carbocycles. The molecule has 1 saturated carbocycles. The van der Waals surface area contributed by atoms with Gasteiger partial charge in [-0.3, -0.25) is 0 Å². The average molecular weight is 377 g/mol. The first-order valence-electron chi connectivity index (χ1n) is 9.30. The molecule has 0 radical (unpaired) electrons. The molecule has 1 saturated heterocycles. The highest BCUT2D eigenvalue weighted by Crippen LogP contribution is 2.50. The van der Waals surface area contributed by atoms with E-state index in [1.54, 1.807) is 12.1 Å². The molecule has 1 aromatic rings. The highest BCUT2D eigenvalue weighted by molar-refractivity contribution is 7.94. The summed E-state index contributed by atoms with van der Waals surface area (Å²) in [6.45, 7) is 7.62. The van der Waals surface area contributed by atoms with Gasteiger partial charge in [-0.1, -0.05) is 31.5 Å². The molecule has 5 heteroatoms. The Labute approximate surface area is 156 Å². The van der Waals surface area contributed by atoms with Crippen LogP contribution in [0.1, 0.15) is 45.1 Å². The maximum atomic E-state index is 12.4. The largest absolute Gasteiger partial charge is 0.353 e. The van der Waals surface area contributed by atoms with Gasteiger partial charge >= 0.3 is 0 Å². The van der Waals surface area contributed by atoms with Crippen molar-refractivity contribution in [3.63, 3.8) is 0 Å². The normalized spacial score (nSPS) is 25.3. The van der Waals surface area contributed by atoms with Gasteiger partial charge in [0.25, 0.3) is 0 Å². The smallest absolute Gasteiger partial charge is 0.207 e. The summed E-state index contributed by atoms with van der Waals surface area (Å²) in [5.74, 6) is 0.367. The Morgan fingerprint density at radius 1 is 1.27 bits per heavy atom. The van der Waals surface area contributed by atoms with Crippen molar-refractivity contribution in [1.82, 2.24) is 0 Å². The van der Waals surface area contributed by atoms with Gasteiger partial charge in [0.1, 0.15) is 0 Å². The fraction of sp³-hybridized carbons (Fsp3) is 0.571. The summed E-state index contributed by atoms with van der Waals surface area (Å²) in [5.41, 5.74) is 5.02. The molecular weight excluding hydrogens is 348 g/mol. The fourth-order valence-electron chi connectivity index (χ4n) is 3.40. The first-order valence-corrected chi connectivity index (χ1v) is 10.8. The topological polar surface area (TPSA) is 52.6 Å². The summed E-state index contributed by atoms with van der Waals surface area (Å²) in [7, 11) is -3.45. The van der Waals surface area contributed by atoms with Gasteiger partial charge in [0.05, 0.1) is 16.9 Å². The summed E-state index contributed by atoms with van der Waals surface area (Å²) in [5, 5.41) is 1.22. The molecule has 1 aromatic carbocycles. The molecule has 0 N–H and O–H groups in total. The van der Waals surface area contributed by atoms with Gasteiger partial charge in [-0.05, 0) is 61.6 Å². The molecule has 26 heavy (non-hydrogen) atoms. The Balaban J connectivity index is 1.64. The molecule has 0 amide bonds. The number of benzene rings is 1. The van der Waals surface area contributed by atoms with Crippen LogP contribution in [0.4, 0.5) is 0 Å². The molecule has 0 aromatic heterocycles. The molecule has 2 unspecified atom stereocenters. The van der Waals surface area contributed by atoms with Crippen molar-refractivity contribution in [2.75, 3.05) is 13.2 Å². The number of ether oxygens (including phenoxy) is 2. The van der Waals surface area contributed by atoms with Crippen molar-refractivity contribution in [2.45, 2.75) is 57.6 Å². The maximum absolute atomic E-state index is 12.4. The molecule has 0 bridgehead atoms. The molecular formula is C21H28O4S. The summed E-state index contributed by atoms with van der Waals surface area (Å²) >= 11 is 0. The highest BCUT2D eigenvalue weighted by Gasteiger charge is 2.44. The quantitative estimate of drug-likeness (QED) is 0.715. The number of hydrogen-bond acceptors (Lipinski definition) is 4. The van der Waals surface area contributed by atoms with E-state index in [4.69, 9.17) is 9.47 Å². The molecule has 1 aliphatic heterocycles. The van der Waals surface area contributed by atoms with E-state index >= 15 is 0 Å². The van der Waals surface area contributed by atoms with Crippen molar-refractivity contribution in [3.05, 3.63) is 46.5 Å². The molecule has 0 spiro atoms. The predicted octanol–water partition coefficient (Wildman–Crippen LogP) is 4.40.